The highest BCUT2D eigenvalue weighted by atomic mass is 15.1. The van der Waals surface area contributed by atoms with Crippen molar-refractivity contribution >= 4 is 17.8 Å². The van der Waals surface area contributed by atoms with E-state index in [0.29, 0.717) is 0 Å². The van der Waals surface area contributed by atoms with Gasteiger partial charge in [-0.3, -0.25) is 0 Å². The molecule has 120 valence electrons. The molecule has 3 rings (SSSR count). The van der Waals surface area contributed by atoms with E-state index in [9.17, 15) is 0 Å². The van der Waals surface area contributed by atoms with Gasteiger partial charge in [-0.15, -0.1) is 0 Å². The number of hydrogen-bond acceptors (Lipinski definition) is 1. The van der Waals surface area contributed by atoms with Crippen molar-refractivity contribution in [3.05, 3.63) is 102 Å². The van der Waals surface area contributed by atoms with Gasteiger partial charge in [-0.1, -0.05) is 84.9 Å². The predicted molar refractivity (Wildman–Crippen MR) is 105 cm³/mol. The van der Waals surface area contributed by atoms with Gasteiger partial charge in [0.05, 0.1) is 0 Å². The van der Waals surface area contributed by atoms with E-state index < -0.39 is 0 Å². The normalized spacial score (nSPS) is 10.9. The van der Waals surface area contributed by atoms with E-state index in [-0.39, 0.29) is 0 Å². The second-order valence-electron chi connectivity index (χ2n) is 5.84. The molecule has 0 unspecified atom stereocenters. The lowest BCUT2D eigenvalue weighted by molar-refractivity contribution is 0.832. The zero-order valence-corrected chi connectivity index (χ0v) is 14.1. The maximum absolute atomic E-state index is 2.39. The van der Waals surface area contributed by atoms with Crippen LogP contribution in [0.1, 0.15) is 23.6 Å². The summed E-state index contributed by atoms with van der Waals surface area (Å²) < 4.78 is 0. The third-order valence-corrected chi connectivity index (χ3v) is 4.12. The van der Waals surface area contributed by atoms with E-state index in [0.717, 1.165) is 13.1 Å². The predicted octanol–water partition coefficient (Wildman–Crippen LogP) is 5.88. The Balaban J connectivity index is 1.69. The first-order chi connectivity index (χ1) is 11.8. The molecule has 0 fully saturated rings. The Morgan fingerprint density at radius 2 is 1.21 bits per heavy atom. The van der Waals surface area contributed by atoms with E-state index in [4.69, 9.17) is 0 Å². The molecule has 24 heavy (non-hydrogen) atoms. The standard InChI is InChI=1S/C23H23N/c1-2-24(19-22-11-7-4-8-12-22)23-17-15-21(16-18-23)14-13-20-9-5-3-6-10-20/h3-18H,2,19H2,1H3. The Hall–Kier alpha value is -2.80. The Kier molecular flexibility index (Phi) is 5.47. The van der Waals surface area contributed by atoms with Gasteiger partial charge in [0.2, 0.25) is 0 Å². The molecule has 0 spiro atoms. The average molecular weight is 313 g/mol. The molecule has 0 aliphatic carbocycles. The highest BCUT2D eigenvalue weighted by Gasteiger charge is 2.04. The second kappa shape index (κ2) is 8.16. The number of rotatable bonds is 6. The molecule has 0 aromatic heterocycles. The SMILES string of the molecule is CCN(Cc1ccccc1)c1ccc(C=Cc2ccccc2)cc1. The van der Waals surface area contributed by atoms with Crippen molar-refractivity contribution in [3.63, 3.8) is 0 Å². The van der Waals surface area contributed by atoms with Gasteiger partial charge in [0, 0.05) is 18.8 Å². The Morgan fingerprint density at radius 3 is 1.79 bits per heavy atom. The highest BCUT2D eigenvalue weighted by Crippen LogP contribution is 2.19. The minimum absolute atomic E-state index is 0.941. The maximum Gasteiger partial charge on any atom is 0.0429 e. The fourth-order valence-corrected chi connectivity index (χ4v) is 2.74. The van der Waals surface area contributed by atoms with E-state index >= 15 is 0 Å². The van der Waals surface area contributed by atoms with Gasteiger partial charge >= 0.3 is 0 Å². The molecule has 0 bridgehead atoms. The molecule has 3 aromatic carbocycles. The van der Waals surface area contributed by atoms with Crippen LogP contribution in [0.3, 0.4) is 0 Å². The van der Waals surface area contributed by atoms with Crippen LogP contribution in [-0.4, -0.2) is 6.54 Å². The smallest absolute Gasteiger partial charge is 0.0429 e. The van der Waals surface area contributed by atoms with E-state index in [1.807, 2.05) is 6.07 Å². The summed E-state index contributed by atoms with van der Waals surface area (Å²) in [4.78, 5) is 2.39. The number of nitrogens with zero attached hydrogens (tertiary/aromatic N) is 1. The second-order valence-corrected chi connectivity index (χ2v) is 5.84. The van der Waals surface area contributed by atoms with E-state index in [1.165, 1.54) is 22.4 Å². The first-order valence-electron chi connectivity index (χ1n) is 8.47. The number of hydrogen-bond donors (Lipinski definition) is 0. The molecule has 0 amide bonds. The summed E-state index contributed by atoms with van der Waals surface area (Å²) in [6.45, 7) is 4.14. The van der Waals surface area contributed by atoms with Crippen molar-refractivity contribution in [1.82, 2.24) is 0 Å². The van der Waals surface area contributed by atoms with Crippen LogP contribution < -0.4 is 4.90 Å². The van der Waals surface area contributed by atoms with Crippen LogP contribution in [0.15, 0.2) is 84.9 Å². The molecular formula is C23H23N. The zero-order chi connectivity index (χ0) is 16.6. The average Bonchev–Trinajstić information content (AvgIpc) is 2.67. The maximum atomic E-state index is 2.39. The van der Waals surface area contributed by atoms with E-state index in [1.54, 1.807) is 0 Å². The summed E-state index contributed by atoms with van der Waals surface area (Å²) >= 11 is 0. The van der Waals surface area contributed by atoms with Gasteiger partial charge in [0.15, 0.2) is 0 Å². The van der Waals surface area contributed by atoms with Crippen molar-refractivity contribution < 1.29 is 0 Å². The van der Waals surface area contributed by atoms with Gasteiger partial charge in [0.1, 0.15) is 0 Å². The molecule has 0 N–H and O–H groups in total. The van der Waals surface area contributed by atoms with Crippen molar-refractivity contribution in [1.29, 1.82) is 0 Å². The molecule has 0 aliphatic rings. The fourth-order valence-electron chi connectivity index (χ4n) is 2.74. The first-order valence-corrected chi connectivity index (χ1v) is 8.47. The van der Waals surface area contributed by atoms with Crippen LogP contribution in [0.25, 0.3) is 12.2 Å². The minimum atomic E-state index is 0.941. The molecule has 0 saturated heterocycles. The monoisotopic (exact) mass is 313 g/mol. The number of anilines is 1. The Bertz CT molecular complexity index is 758. The lowest BCUT2D eigenvalue weighted by Gasteiger charge is -2.23. The Labute approximate surface area is 144 Å². The molecule has 0 atom stereocenters. The Morgan fingerprint density at radius 1 is 0.667 bits per heavy atom. The summed E-state index contributed by atoms with van der Waals surface area (Å²) in [7, 11) is 0. The topological polar surface area (TPSA) is 3.24 Å². The van der Waals surface area contributed by atoms with Crippen LogP contribution in [-0.2, 0) is 6.54 Å². The summed E-state index contributed by atoms with van der Waals surface area (Å²) in [5.41, 5.74) is 5.05. The van der Waals surface area contributed by atoms with Gasteiger partial charge < -0.3 is 4.90 Å². The largest absolute Gasteiger partial charge is 0.367 e. The molecular weight excluding hydrogens is 290 g/mol. The van der Waals surface area contributed by atoms with Crippen LogP contribution in [0.5, 0.6) is 0 Å². The van der Waals surface area contributed by atoms with Crippen molar-refractivity contribution in [3.8, 4) is 0 Å². The van der Waals surface area contributed by atoms with Crippen LogP contribution in [0.4, 0.5) is 5.69 Å². The van der Waals surface area contributed by atoms with Crippen LogP contribution in [0.2, 0.25) is 0 Å². The molecule has 1 heteroatoms. The van der Waals surface area contributed by atoms with Crippen molar-refractivity contribution in [2.45, 2.75) is 13.5 Å². The molecule has 1 nitrogen and oxygen atoms in total. The highest BCUT2D eigenvalue weighted by molar-refractivity contribution is 5.70. The van der Waals surface area contributed by atoms with Gasteiger partial charge in [-0.2, -0.15) is 0 Å². The summed E-state index contributed by atoms with van der Waals surface area (Å²) in [6.07, 6.45) is 4.31. The third-order valence-electron chi connectivity index (χ3n) is 4.12. The van der Waals surface area contributed by atoms with Gasteiger partial charge in [-0.25, -0.2) is 0 Å². The van der Waals surface area contributed by atoms with Crippen molar-refractivity contribution in [2.75, 3.05) is 11.4 Å². The first kappa shape index (κ1) is 16.1. The minimum Gasteiger partial charge on any atom is -0.367 e. The van der Waals surface area contributed by atoms with Gasteiger partial charge in [-0.05, 0) is 35.7 Å². The molecule has 0 saturated carbocycles. The van der Waals surface area contributed by atoms with Crippen molar-refractivity contribution in [2.24, 2.45) is 0 Å². The van der Waals surface area contributed by atoms with Gasteiger partial charge in [0.25, 0.3) is 0 Å². The zero-order valence-electron chi connectivity index (χ0n) is 14.1. The molecule has 0 aliphatic heterocycles. The third kappa shape index (κ3) is 4.36. The van der Waals surface area contributed by atoms with Crippen LogP contribution >= 0.6 is 0 Å². The summed E-state index contributed by atoms with van der Waals surface area (Å²) in [5.74, 6) is 0. The summed E-state index contributed by atoms with van der Waals surface area (Å²) in [6, 6.07) is 29.8. The van der Waals surface area contributed by atoms with E-state index in [2.05, 4.69) is 103 Å². The molecule has 0 heterocycles. The molecule has 0 radical (unpaired) electrons. The summed E-state index contributed by atoms with van der Waals surface area (Å²) in [5, 5.41) is 0. The van der Waals surface area contributed by atoms with Crippen LogP contribution in [0, 0.1) is 0 Å². The number of benzene rings is 3. The fraction of sp³-hybridized carbons (Fsp3) is 0.130. The lowest BCUT2D eigenvalue weighted by atomic mass is 10.1. The quantitative estimate of drug-likeness (QED) is 0.513. The lowest BCUT2D eigenvalue weighted by Crippen LogP contribution is -2.21. The molecule has 3 aromatic rings.